The lowest BCUT2D eigenvalue weighted by molar-refractivity contribution is 0.551. The second-order valence-corrected chi connectivity index (χ2v) is 4.74. The van der Waals surface area contributed by atoms with Gasteiger partial charge >= 0.3 is 0 Å². The lowest BCUT2D eigenvalue weighted by atomic mass is 10.1. The highest BCUT2D eigenvalue weighted by Crippen LogP contribution is 2.11. The van der Waals surface area contributed by atoms with E-state index in [9.17, 15) is 0 Å². The highest BCUT2D eigenvalue weighted by molar-refractivity contribution is 6.17. The third-order valence-electron chi connectivity index (χ3n) is 2.84. The van der Waals surface area contributed by atoms with Gasteiger partial charge in [0.2, 0.25) is 0 Å². The van der Waals surface area contributed by atoms with Gasteiger partial charge in [-0.2, -0.15) is 0 Å². The first-order valence-corrected chi connectivity index (χ1v) is 7.21. The van der Waals surface area contributed by atoms with Crippen LogP contribution in [-0.4, -0.2) is 12.4 Å². The molecule has 0 radical (unpaired) electrons. The van der Waals surface area contributed by atoms with E-state index < -0.39 is 0 Å². The fraction of sp³-hybridized carbons (Fsp3) is 1.00. The Labute approximate surface area is 101 Å². The fourth-order valence-corrected chi connectivity index (χ4v) is 2.02. The van der Waals surface area contributed by atoms with Crippen molar-refractivity contribution in [1.29, 1.82) is 0 Å². The second-order valence-electron chi connectivity index (χ2n) is 4.37. The van der Waals surface area contributed by atoms with Crippen LogP contribution >= 0.6 is 11.6 Å². The summed E-state index contributed by atoms with van der Waals surface area (Å²) in [6, 6.07) is 0. The number of hydrogen-bond donors (Lipinski definition) is 1. The smallest absolute Gasteiger partial charge is 0.0223 e. The van der Waals surface area contributed by atoms with Crippen LogP contribution in [0.25, 0.3) is 0 Å². The van der Waals surface area contributed by atoms with Gasteiger partial charge in [-0.25, -0.2) is 0 Å². The predicted molar refractivity (Wildman–Crippen MR) is 70.6 cm³/mol. The average molecular weight is 234 g/mol. The summed E-state index contributed by atoms with van der Waals surface area (Å²) < 4.78 is 0. The molecule has 0 saturated carbocycles. The molecule has 0 rings (SSSR count). The van der Waals surface area contributed by atoms with Crippen LogP contribution in [-0.2, 0) is 0 Å². The molecule has 0 aromatic heterocycles. The topological polar surface area (TPSA) is 26.0 Å². The first-order chi connectivity index (χ1) is 7.41. The van der Waals surface area contributed by atoms with Crippen molar-refractivity contribution in [3.8, 4) is 0 Å². The van der Waals surface area contributed by atoms with Gasteiger partial charge in [0, 0.05) is 5.88 Å². The van der Waals surface area contributed by atoms with Crippen molar-refractivity contribution < 1.29 is 0 Å². The summed E-state index contributed by atoms with van der Waals surface area (Å²) in [7, 11) is 0. The van der Waals surface area contributed by atoms with E-state index in [1.807, 2.05) is 0 Å². The summed E-state index contributed by atoms with van der Waals surface area (Å²) in [5, 5.41) is 0. The van der Waals surface area contributed by atoms with Gasteiger partial charge < -0.3 is 5.73 Å². The molecule has 0 atom stereocenters. The maximum absolute atomic E-state index is 5.62. The molecule has 0 amide bonds. The van der Waals surface area contributed by atoms with Crippen molar-refractivity contribution in [2.24, 2.45) is 5.73 Å². The first kappa shape index (κ1) is 15.2. The Hall–Kier alpha value is 0.250. The summed E-state index contributed by atoms with van der Waals surface area (Å²) in [6.07, 6.45) is 14.9. The first-order valence-electron chi connectivity index (χ1n) is 6.68. The van der Waals surface area contributed by atoms with E-state index in [0.717, 1.165) is 12.4 Å². The summed E-state index contributed by atoms with van der Waals surface area (Å²) in [5.74, 6) is 0.834. The van der Waals surface area contributed by atoms with Gasteiger partial charge in [0.15, 0.2) is 0 Å². The Kier molecular flexibility index (Phi) is 14.5. The molecule has 1 nitrogen and oxygen atoms in total. The van der Waals surface area contributed by atoms with Crippen LogP contribution < -0.4 is 5.73 Å². The number of unbranched alkanes of at least 4 members (excludes halogenated alkanes) is 10. The SMILES string of the molecule is NCCCCCCCCCCCCCCl. The number of halogens is 1. The van der Waals surface area contributed by atoms with Crippen LogP contribution in [0, 0.1) is 0 Å². The number of alkyl halides is 1. The molecule has 0 bridgehead atoms. The van der Waals surface area contributed by atoms with Gasteiger partial charge in [-0.1, -0.05) is 57.8 Å². The van der Waals surface area contributed by atoms with Crippen molar-refractivity contribution >= 4 is 11.6 Å². The molecule has 0 aliphatic heterocycles. The van der Waals surface area contributed by atoms with Crippen molar-refractivity contribution in [3.63, 3.8) is 0 Å². The molecule has 0 aromatic carbocycles. The van der Waals surface area contributed by atoms with Crippen molar-refractivity contribution in [2.45, 2.75) is 70.6 Å². The number of nitrogens with two attached hydrogens (primary N) is 1. The van der Waals surface area contributed by atoms with Gasteiger partial charge in [-0.15, -0.1) is 11.6 Å². The predicted octanol–water partition coefficient (Wildman–Crippen LogP) is 4.48. The molecule has 2 heteroatoms. The largest absolute Gasteiger partial charge is 0.330 e. The molecule has 0 unspecified atom stereocenters. The van der Waals surface area contributed by atoms with Crippen LogP contribution in [0.2, 0.25) is 0 Å². The summed E-state index contributed by atoms with van der Waals surface area (Å²) in [6.45, 7) is 0.862. The summed E-state index contributed by atoms with van der Waals surface area (Å²) >= 11 is 5.62. The third-order valence-corrected chi connectivity index (χ3v) is 3.11. The highest BCUT2D eigenvalue weighted by Gasteiger charge is 1.92. The third kappa shape index (κ3) is 14.2. The van der Waals surface area contributed by atoms with Gasteiger partial charge in [-0.05, 0) is 19.4 Å². The van der Waals surface area contributed by atoms with Crippen LogP contribution in [0.3, 0.4) is 0 Å². The molecule has 0 aliphatic carbocycles. The van der Waals surface area contributed by atoms with Crippen molar-refractivity contribution in [1.82, 2.24) is 0 Å². The monoisotopic (exact) mass is 233 g/mol. The maximum Gasteiger partial charge on any atom is 0.0223 e. The lowest BCUT2D eigenvalue weighted by Gasteiger charge is -2.01. The summed E-state index contributed by atoms with van der Waals surface area (Å²) in [5.41, 5.74) is 5.44. The quantitative estimate of drug-likeness (QED) is 0.391. The van der Waals surface area contributed by atoms with E-state index in [2.05, 4.69) is 0 Å². The molecule has 0 saturated heterocycles. The zero-order valence-corrected chi connectivity index (χ0v) is 10.9. The Morgan fingerprint density at radius 2 is 0.867 bits per heavy atom. The average Bonchev–Trinajstić information content (AvgIpc) is 2.26. The Morgan fingerprint density at radius 1 is 0.533 bits per heavy atom. The maximum atomic E-state index is 5.62. The molecule has 0 aliphatic rings. The molecule has 0 heterocycles. The van der Waals surface area contributed by atoms with E-state index >= 15 is 0 Å². The van der Waals surface area contributed by atoms with E-state index in [0.29, 0.717) is 0 Å². The van der Waals surface area contributed by atoms with E-state index in [1.165, 1.54) is 70.6 Å². The zero-order valence-electron chi connectivity index (χ0n) is 10.1. The normalized spacial score (nSPS) is 10.8. The van der Waals surface area contributed by atoms with Crippen LogP contribution in [0.5, 0.6) is 0 Å². The Morgan fingerprint density at radius 3 is 1.20 bits per heavy atom. The Balaban J connectivity index is 2.81. The van der Waals surface area contributed by atoms with E-state index in [-0.39, 0.29) is 0 Å². The van der Waals surface area contributed by atoms with Gasteiger partial charge in [-0.3, -0.25) is 0 Å². The van der Waals surface area contributed by atoms with Gasteiger partial charge in [0.25, 0.3) is 0 Å². The molecular weight excluding hydrogens is 206 g/mol. The highest BCUT2D eigenvalue weighted by atomic mass is 35.5. The molecule has 0 aromatic rings. The van der Waals surface area contributed by atoms with Crippen LogP contribution in [0.1, 0.15) is 70.6 Å². The molecule has 92 valence electrons. The van der Waals surface area contributed by atoms with Crippen molar-refractivity contribution in [2.75, 3.05) is 12.4 Å². The van der Waals surface area contributed by atoms with E-state index in [1.54, 1.807) is 0 Å². The molecule has 0 spiro atoms. The molecule has 0 fully saturated rings. The minimum Gasteiger partial charge on any atom is -0.330 e. The fourth-order valence-electron chi connectivity index (χ4n) is 1.83. The minimum atomic E-state index is 0.834. The Bertz CT molecular complexity index is 94.7. The van der Waals surface area contributed by atoms with Gasteiger partial charge in [0.05, 0.1) is 0 Å². The standard InChI is InChI=1S/C13H28ClN/c14-12-10-8-6-4-2-1-3-5-7-9-11-13-15/h1-13,15H2. The van der Waals surface area contributed by atoms with Gasteiger partial charge in [0.1, 0.15) is 0 Å². The van der Waals surface area contributed by atoms with Crippen molar-refractivity contribution in [3.05, 3.63) is 0 Å². The second kappa shape index (κ2) is 14.2. The molecular formula is C13H28ClN. The van der Waals surface area contributed by atoms with E-state index in [4.69, 9.17) is 17.3 Å². The summed E-state index contributed by atoms with van der Waals surface area (Å²) in [4.78, 5) is 0. The zero-order chi connectivity index (χ0) is 11.2. The molecule has 2 N–H and O–H groups in total. The molecule has 15 heavy (non-hydrogen) atoms. The van der Waals surface area contributed by atoms with Crippen LogP contribution in [0.15, 0.2) is 0 Å². The van der Waals surface area contributed by atoms with Crippen LogP contribution in [0.4, 0.5) is 0 Å². The minimum absolute atomic E-state index is 0.834. The lowest BCUT2D eigenvalue weighted by Crippen LogP contribution is -1.97. The number of hydrogen-bond acceptors (Lipinski definition) is 1. The number of rotatable bonds is 12.